The quantitative estimate of drug-likeness (QED) is 0.659. The minimum atomic E-state index is 0.374. The fourth-order valence-corrected chi connectivity index (χ4v) is 1.96. The van der Waals surface area contributed by atoms with Crippen LogP contribution in [0.4, 0.5) is 5.82 Å². The van der Waals surface area contributed by atoms with Gasteiger partial charge in [-0.2, -0.15) is 4.98 Å². The fraction of sp³-hybridized carbons (Fsp3) is 0.167. The summed E-state index contributed by atoms with van der Waals surface area (Å²) < 4.78 is 5.71. The van der Waals surface area contributed by atoms with E-state index >= 15 is 0 Å². The summed E-state index contributed by atoms with van der Waals surface area (Å²) in [6.45, 7) is 3.85. The van der Waals surface area contributed by atoms with Crippen molar-refractivity contribution in [3.63, 3.8) is 0 Å². The Bertz CT molecular complexity index is 551. The van der Waals surface area contributed by atoms with E-state index in [0.717, 1.165) is 16.9 Å². The summed E-state index contributed by atoms with van der Waals surface area (Å²) in [5, 5.41) is 0.681. The van der Waals surface area contributed by atoms with Gasteiger partial charge in [0, 0.05) is 5.02 Å². The Hall–Kier alpha value is -1.85. The van der Waals surface area contributed by atoms with Crippen LogP contribution in [-0.4, -0.2) is 9.97 Å². The van der Waals surface area contributed by atoms with Crippen molar-refractivity contribution < 1.29 is 4.74 Å². The molecule has 0 bridgehead atoms. The van der Waals surface area contributed by atoms with E-state index in [9.17, 15) is 0 Å². The van der Waals surface area contributed by atoms with E-state index < -0.39 is 0 Å². The summed E-state index contributed by atoms with van der Waals surface area (Å²) in [6, 6.07) is 3.67. The maximum Gasteiger partial charge on any atom is 0.239 e. The van der Waals surface area contributed by atoms with Gasteiger partial charge < -0.3 is 10.2 Å². The molecule has 1 heterocycles. The molecular weight excluding hydrogens is 252 g/mol. The Morgan fingerprint density at radius 1 is 1.22 bits per heavy atom. The van der Waals surface area contributed by atoms with Gasteiger partial charge in [0.25, 0.3) is 0 Å². The number of aryl methyl sites for hydroxylation is 2. The fourth-order valence-electron chi connectivity index (χ4n) is 1.63. The molecule has 0 aliphatic carbocycles. The molecule has 0 saturated heterocycles. The van der Waals surface area contributed by atoms with Crippen LogP contribution in [0.15, 0.2) is 24.5 Å². The van der Waals surface area contributed by atoms with Crippen LogP contribution in [0.1, 0.15) is 11.1 Å². The number of benzene rings is 1. The van der Waals surface area contributed by atoms with E-state index in [4.69, 9.17) is 22.2 Å². The van der Waals surface area contributed by atoms with Gasteiger partial charge in [0.15, 0.2) is 5.82 Å². The normalized spacial score (nSPS) is 10.2. The Morgan fingerprint density at radius 2 is 1.89 bits per heavy atom. The maximum absolute atomic E-state index is 5.96. The Morgan fingerprint density at radius 3 is 2.50 bits per heavy atom. The largest absolute Gasteiger partial charge is 0.437 e. The standard InChI is InChI=1S/C12H13ClN4O/c1-7-3-9(13)4-8(2)12(7)18-11-6-15-5-10(16-11)17-14/h3-6H,14H2,1-2H3,(H,16,17). The van der Waals surface area contributed by atoms with Crippen molar-refractivity contribution in [1.82, 2.24) is 9.97 Å². The second-order valence-corrected chi connectivity index (χ2v) is 4.29. The molecule has 0 atom stereocenters. The van der Waals surface area contributed by atoms with Crippen LogP contribution in [-0.2, 0) is 0 Å². The third-order valence-electron chi connectivity index (χ3n) is 2.39. The van der Waals surface area contributed by atoms with E-state index in [0.29, 0.717) is 16.7 Å². The molecule has 18 heavy (non-hydrogen) atoms. The van der Waals surface area contributed by atoms with Crippen molar-refractivity contribution in [1.29, 1.82) is 0 Å². The number of anilines is 1. The first-order valence-corrected chi connectivity index (χ1v) is 5.71. The van der Waals surface area contributed by atoms with Crippen molar-refractivity contribution in [2.75, 3.05) is 5.43 Å². The third-order valence-corrected chi connectivity index (χ3v) is 2.61. The highest BCUT2D eigenvalue weighted by atomic mass is 35.5. The van der Waals surface area contributed by atoms with E-state index in [2.05, 4.69) is 15.4 Å². The van der Waals surface area contributed by atoms with Crippen LogP contribution in [0.3, 0.4) is 0 Å². The molecular formula is C12H13ClN4O. The molecule has 0 aliphatic heterocycles. The smallest absolute Gasteiger partial charge is 0.239 e. The number of hydrazine groups is 1. The summed E-state index contributed by atoms with van der Waals surface area (Å²) in [5.41, 5.74) is 4.29. The number of nitrogens with two attached hydrogens (primary N) is 1. The molecule has 6 heteroatoms. The molecule has 2 rings (SSSR count). The summed E-state index contributed by atoms with van der Waals surface area (Å²) in [5.74, 6) is 6.81. The predicted molar refractivity (Wildman–Crippen MR) is 70.8 cm³/mol. The van der Waals surface area contributed by atoms with Gasteiger partial charge in [-0.1, -0.05) is 11.6 Å². The molecule has 2 aromatic rings. The highest BCUT2D eigenvalue weighted by molar-refractivity contribution is 6.30. The lowest BCUT2D eigenvalue weighted by Crippen LogP contribution is -2.09. The van der Waals surface area contributed by atoms with E-state index in [1.165, 1.54) is 12.4 Å². The molecule has 0 aliphatic rings. The zero-order chi connectivity index (χ0) is 13.1. The number of nitrogen functional groups attached to an aromatic ring is 1. The van der Waals surface area contributed by atoms with Crippen molar-refractivity contribution in [3.05, 3.63) is 40.7 Å². The number of halogens is 1. The van der Waals surface area contributed by atoms with Crippen molar-refractivity contribution in [2.24, 2.45) is 5.84 Å². The number of hydrogen-bond acceptors (Lipinski definition) is 5. The number of nitrogens with zero attached hydrogens (tertiary/aromatic N) is 2. The maximum atomic E-state index is 5.96. The van der Waals surface area contributed by atoms with Gasteiger partial charge in [0.05, 0.1) is 12.4 Å². The molecule has 0 saturated carbocycles. The van der Waals surface area contributed by atoms with Crippen LogP contribution in [0.25, 0.3) is 0 Å². The van der Waals surface area contributed by atoms with Crippen LogP contribution in [0.5, 0.6) is 11.6 Å². The molecule has 94 valence electrons. The van der Waals surface area contributed by atoms with Gasteiger partial charge in [-0.25, -0.2) is 5.84 Å². The van der Waals surface area contributed by atoms with Gasteiger partial charge in [-0.15, -0.1) is 0 Å². The molecule has 1 aromatic heterocycles. The van der Waals surface area contributed by atoms with E-state index in [1.54, 1.807) is 0 Å². The summed E-state index contributed by atoms with van der Waals surface area (Å²) >= 11 is 5.96. The zero-order valence-electron chi connectivity index (χ0n) is 10.1. The van der Waals surface area contributed by atoms with Crippen molar-refractivity contribution >= 4 is 17.4 Å². The molecule has 0 amide bonds. The van der Waals surface area contributed by atoms with Crippen molar-refractivity contribution in [3.8, 4) is 11.6 Å². The minimum Gasteiger partial charge on any atom is -0.437 e. The number of hydrogen-bond donors (Lipinski definition) is 2. The monoisotopic (exact) mass is 264 g/mol. The van der Waals surface area contributed by atoms with Gasteiger partial charge in [-0.05, 0) is 37.1 Å². The molecule has 0 fully saturated rings. The zero-order valence-corrected chi connectivity index (χ0v) is 10.8. The first-order chi connectivity index (χ1) is 8.60. The second kappa shape index (κ2) is 5.20. The highest BCUT2D eigenvalue weighted by Gasteiger charge is 2.08. The number of aromatic nitrogens is 2. The minimum absolute atomic E-state index is 0.374. The molecule has 1 aromatic carbocycles. The summed E-state index contributed by atoms with van der Waals surface area (Å²) in [6.07, 6.45) is 3.03. The van der Waals surface area contributed by atoms with Crippen LogP contribution in [0, 0.1) is 13.8 Å². The van der Waals surface area contributed by atoms with Gasteiger partial charge in [-0.3, -0.25) is 4.98 Å². The average Bonchev–Trinajstić information content (AvgIpc) is 2.34. The van der Waals surface area contributed by atoms with Crippen LogP contribution in [0.2, 0.25) is 5.02 Å². The Kier molecular flexibility index (Phi) is 3.64. The lowest BCUT2D eigenvalue weighted by molar-refractivity contribution is 0.454. The molecule has 3 N–H and O–H groups in total. The number of ether oxygens (including phenoxy) is 1. The Labute approximate surface area is 110 Å². The van der Waals surface area contributed by atoms with Crippen LogP contribution < -0.4 is 16.0 Å². The first kappa shape index (κ1) is 12.6. The SMILES string of the molecule is Cc1cc(Cl)cc(C)c1Oc1cncc(NN)n1. The third kappa shape index (κ3) is 2.69. The van der Waals surface area contributed by atoms with E-state index in [-0.39, 0.29) is 0 Å². The van der Waals surface area contributed by atoms with Gasteiger partial charge >= 0.3 is 0 Å². The summed E-state index contributed by atoms with van der Waals surface area (Å²) in [4.78, 5) is 8.11. The first-order valence-electron chi connectivity index (χ1n) is 5.33. The average molecular weight is 265 g/mol. The summed E-state index contributed by atoms with van der Waals surface area (Å²) in [7, 11) is 0. The Balaban J connectivity index is 2.33. The number of rotatable bonds is 3. The molecule has 5 nitrogen and oxygen atoms in total. The molecule has 0 unspecified atom stereocenters. The predicted octanol–water partition coefficient (Wildman–Crippen LogP) is 2.82. The molecule has 0 radical (unpaired) electrons. The van der Waals surface area contributed by atoms with Crippen LogP contribution >= 0.6 is 11.6 Å². The topological polar surface area (TPSA) is 73.1 Å². The lowest BCUT2D eigenvalue weighted by atomic mass is 10.1. The lowest BCUT2D eigenvalue weighted by Gasteiger charge is -2.11. The molecule has 0 spiro atoms. The van der Waals surface area contributed by atoms with Crippen molar-refractivity contribution in [2.45, 2.75) is 13.8 Å². The second-order valence-electron chi connectivity index (χ2n) is 3.86. The highest BCUT2D eigenvalue weighted by Crippen LogP contribution is 2.30. The van der Waals surface area contributed by atoms with Gasteiger partial charge in [0.2, 0.25) is 5.88 Å². The van der Waals surface area contributed by atoms with E-state index in [1.807, 2.05) is 26.0 Å². The number of nitrogens with one attached hydrogen (secondary N) is 1. The van der Waals surface area contributed by atoms with Gasteiger partial charge in [0.1, 0.15) is 5.75 Å².